The Morgan fingerprint density at radius 3 is 2.29 bits per heavy atom. The van der Waals surface area contributed by atoms with Crippen LogP contribution < -0.4 is 15.6 Å². The van der Waals surface area contributed by atoms with E-state index in [-0.39, 0.29) is 17.7 Å². The molecule has 8 nitrogen and oxygen atoms in total. The molecular formula is C19H20BrN3O5. The molecule has 0 aliphatic rings. The van der Waals surface area contributed by atoms with Crippen LogP contribution in [0.2, 0.25) is 0 Å². The Labute approximate surface area is 170 Å². The fourth-order valence-electron chi connectivity index (χ4n) is 2.31. The molecule has 0 heterocycles. The first kappa shape index (κ1) is 21.4. The molecule has 148 valence electrons. The van der Waals surface area contributed by atoms with Gasteiger partial charge in [-0.05, 0) is 35.2 Å². The quantitative estimate of drug-likeness (QED) is 0.535. The van der Waals surface area contributed by atoms with Crippen LogP contribution in [0.25, 0.3) is 0 Å². The maximum Gasteiger partial charge on any atom is 0.276 e. The van der Waals surface area contributed by atoms with Gasteiger partial charge in [-0.15, -0.1) is 0 Å². The summed E-state index contributed by atoms with van der Waals surface area (Å²) in [5, 5.41) is 10.6. The van der Waals surface area contributed by atoms with Crippen LogP contribution in [-0.2, 0) is 10.2 Å². The van der Waals surface area contributed by atoms with E-state index in [0.29, 0.717) is 11.3 Å². The highest BCUT2D eigenvalue weighted by atomic mass is 79.9. The van der Waals surface area contributed by atoms with Gasteiger partial charge in [0.05, 0.1) is 4.92 Å². The number of hydrogen-bond acceptors (Lipinski definition) is 5. The van der Waals surface area contributed by atoms with E-state index in [1.165, 1.54) is 24.3 Å². The van der Waals surface area contributed by atoms with Gasteiger partial charge in [-0.1, -0.05) is 42.8 Å². The molecule has 0 saturated heterocycles. The molecule has 9 heteroatoms. The lowest BCUT2D eigenvalue weighted by atomic mass is 9.86. The molecule has 2 aromatic rings. The normalized spacial score (nSPS) is 10.9. The zero-order chi connectivity index (χ0) is 20.9. The van der Waals surface area contributed by atoms with E-state index < -0.39 is 16.7 Å². The summed E-state index contributed by atoms with van der Waals surface area (Å²) in [6, 6.07) is 10.5. The lowest BCUT2D eigenvalue weighted by molar-refractivity contribution is -0.384. The summed E-state index contributed by atoms with van der Waals surface area (Å²) >= 11 is 3.47. The number of halogens is 1. The van der Waals surface area contributed by atoms with E-state index in [1.54, 1.807) is 12.1 Å². The Morgan fingerprint density at radius 1 is 1.11 bits per heavy atom. The molecule has 0 spiro atoms. The van der Waals surface area contributed by atoms with Crippen LogP contribution in [0.4, 0.5) is 5.69 Å². The van der Waals surface area contributed by atoms with Gasteiger partial charge < -0.3 is 4.74 Å². The minimum Gasteiger partial charge on any atom is -0.484 e. The second-order valence-electron chi connectivity index (χ2n) is 6.99. The number of nitro groups is 1. The minimum atomic E-state index is -0.572. The van der Waals surface area contributed by atoms with Gasteiger partial charge in [-0.2, -0.15) is 0 Å². The summed E-state index contributed by atoms with van der Waals surface area (Å²) in [4.78, 5) is 34.1. The predicted octanol–water partition coefficient (Wildman–Crippen LogP) is 3.49. The molecule has 2 rings (SSSR count). The first-order valence-electron chi connectivity index (χ1n) is 8.34. The molecule has 0 aliphatic carbocycles. The van der Waals surface area contributed by atoms with Crippen molar-refractivity contribution in [2.24, 2.45) is 0 Å². The molecule has 0 aliphatic heterocycles. The van der Waals surface area contributed by atoms with Crippen molar-refractivity contribution in [3.8, 4) is 5.75 Å². The summed E-state index contributed by atoms with van der Waals surface area (Å²) in [7, 11) is 0. The molecular weight excluding hydrogens is 430 g/mol. The number of carbonyl (C=O) groups is 2. The highest BCUT2D eigenvalue weighted by Crippen LogP contribution is 2.30. The molecule has 0 saturated carbocycles. The molecule has 2 aromatic carbocycles. The van der Waals surface area contributed by atoms with E-state index in [0.717, 1.165) is 10.0 Å². The van der Waals surface area contributed by atoms with Crippen molar-refractivity contribution in [3.63, 3.8) is 0 Å². The molecule has 0 atom stereocenters. The van der Waals surface area contributed by atoms with Crippen molar-refractivity contribution < 1.29 is 19.2 Å². The van der Waals surface area contributed by atoms with E-state index in [9.17, 15) is 19.7 Å². The number of non-ortho nitro benzene ring substituents is 1. The number of benzene rings is 2. The van der Waals surface area contributed by atoms with Crippen molar-refractivity contribution >= 4 is 33.4 Å². The van der Waals surface area contributed by atoms with Crippen LogP contribution in [0, 0.1) is 10.1 Å². The third-order valence-corrected chi connectivity index (χ3v) is 4.43. The summed E-state index contributed by atoms with van der Waals surface area (Å²) in [5.74, 6) is -0.740. The number of amides is 2. The molecule has 0 fully saturated rings. The molecule has 2 N–H and O–H groups in total. The number of ether oxygens (including phenoxy) is 1. The van der Waals surface area contributed by atoms with Crippen molar-refractivity contribution in [2.75, 3.05) is 6.61 Å². The first-order valence-corrected chi connectivity index (χ1v) is 9.13. The van der Waals surface area contributed by atoms with Crippen molar-refractivity contribution in [1.82, 2.24) is 10.9 Å². The number of nitrogens with zero attached hydrogens (tertiary/aromatic N) is 1. The van der Waals surface area contributed by atoms with Crippen LogP contribution in [0.5, 0.6) is 5.75 Å². The van der Waals surface area contributed by atoms with Gasteiger partial charge in [0.15, 0.2) is 6.61 Å². The summed E-state index contributed by atoms with van der Waals surface area (Å²) < 4.78 is 6.03. The van der Waals surface area contributed by atoms with Crippen molar-refractivity contribution in [1.29, 1.82) is 0 Å². The summed E-state index contributed by atoms with van der Waals surface area (Å²) in [5.41, 5.74) is 5.87. The zero-order valence-electron chi connectivity index (χ0n) is 15.6. The predicted molar refractivity (Wildman–Crippen MR) is 107 cm³/mol. The Bertz CT molecular complexity index is 891. The number of nitro benzene ring substituents is 1. The highest BCUT2D eigenvalue weighted by Gasteiger charge is 2.18. The molecule has 0 unspecified atom stereocenters. The topological polar surface area (TPSA) is 111 Å². The molecule has 0 radical (unpaired) electrons. The Hall–Kier alpha value is -2.94. The van der Waals surface area contributed by atoms with Crippen LogP contribution in [0.3, 0.4) is 0 Å². The third-order valence-electron chi connectivity index (χ3n) is 3.77. The van der Waals surface area contributed by atoms with Gasteiger partial charge in [0, 0.05) is 22.2 Å². The number of hydrogen-bond donors (Lipinski definition) is 2. The minimum absolute atomic E-state index is 0.0722. The Kier molecular flexibility index (Phi) is 6.74. The van der Waals surface area contributed by atoms with Gasteiger partial charge in [0.2, 0.25) is 0 Å². The lowest BCUT2D eigenvalue weighted by Crippen LogP contribution is -2.43. The average Bonchev–Trinajstić information content (AvgIpc) is 2.63. The van der Waals surface area contributed by atoms with Crippen LogP contribution in [0.1, 0.15) is 36.7 Å². The molecule has 2 amide bonds. The molecule has 0 aromatic heterocycles. The molecule has 28 heavy (non-hydrogen) atoms. The van der Waals surface area contributed by atoms with E-state index in [1.807, 2.05) is 6.07 Å². The summed E-state index contributed by atoms with van der Waals surface area (Å²) in [6.45, 7) is 5.85. The Balaban J connectivity index is 1.86. The van der Waals surface area contributed by atoms with Crippen LogP contribution in [0.15, 0.2) is 46.9 Å². The highest BCUT2D eigenvalue weighted by molar-refractivity contribution is 9.10. The maximum atomic E-state index is 12.2. The van der Waals surface area contributed by atoms with Gasteiger partial charge >= 0.3 is 0 Å². The second kappa shape index (κ2) is 8.83. The van der Waals surface area contributed by atoms with E-state index >= 15 is 0 Å². The SMILES string of the molecule is CC(C)(C)c1ccc(C(=O)NNC(=O)COc2ccc([N+](=O)[O-])cc2)cc1Br. The third kappa shape index (κ3) is 5.78. The van der Waals surface area contributed by atoms with Crippen LogP contribution in [-0.4, -0.2) is 23.3 Å². The fourth-order valence-corrected chi connectivity index (χ4v) is 3.29. The van der Waals surface area contributed by atoms with E-state index in [4.69, 9.17) is 4.74 Å². The Morgan fingerprint density at radius 2 is 1.75 bits per heavy atom. The monoisotopic (exact) mass is 449 g/mol. The fraction of sp³-hybridized carbons (Fsp3) is 0.263. The lowest BCUT2D eigenvalue weighted by Gasteiger charge is -2.21. The second-order valence-corrected chi connectivity index (χ2v) is 7.84. The van der Waals surface area contributed by atoms with Gasteiger partial charge in [0.25, 0.3) is 17.5 Å². The summed E-state index contributed by atoms with van der Waals surface area (Å²) in [6.07, 6.45) is 0. The molecule has 0 bridgehead atoms. The van der Waals surface area contributed by atoms with E-state index in [2.05, 4.69) is 47.6 Å². The average molecular weight is 450 g/mol. The number of rotatable bonds is 5. The number of carbonyl (C=O) groups excluding carboxylic acids is 2. The van der Waals surface area contributed by atoms with Crippen molar-refractivity contribution in [2.45, 2.75) is 26.2 Å². The first-order chi connectivity index (χ1) is 13.1. The largest absolute Gasteiger partial charge is 0.484 e. The van der Waals surface area contributed by atoms with Gasteiger partial charge in [0.1, 0.15) is 5.75 Å². The van der Waals surface area contributed by atoms with Gasteiger partial charge in [-0.25, -0.2) is 0 Å². The number of hydrazine groups is 1. The van der Waals surface area contributed by atoms with Crippen molar-refractivity contribution in [3.05, 3.63) is 68.2 Å². The van der Waals surface area contributed by atoms with Crippen LogP contribution >= 0.6 is 15.9 Å². The number of nitrogens with one attached hydrogen (secondary N) is 2. The zero-order valence-corrected chi connectivity index (χ0v) is 17.2. The van der Waals surface area contributed by atoms with Gasteiger partial charge in [-0.3, -0.25) is 30.6 Å². The smallest absolute Gasteiger partial charge is 0.276 e. The maximum absolute atomic E-state index is 12.2. The standard InChI is InChI=1S/C19H20BrN3O5/c1-19(2,3)15-9-4-12(10-16(15)20)18(25)22-21-17(24)11-28-14-7-5-13(6-8-14)23(26)27/h4-10H,11H2,1-3H3,(H,21,24)(H,22,25).